The number of hydrogen-bond donors (Lipinski definition) is 2. The lowest BCUT2D eigenvalue weighted by atomic mass is 9.97. The minimum Gasteiger partial charge on any atom is -0.508 e. The van der Waals surface area contributed by atoms with Crippen molar-refractivity contribution in [2.24, 2.45) is 5.73 Å². The van der Waals surface area contributed by atoms with Crippen LogP contribution in [0.4, 0.5) is 5.82 Å². The second kappa shape index (κ2) is 4.35. The van der Waals surface area contributed by atoms with Crippen LogP contribution in [0.1, 0.15) is 25.7 Å². The van der Waals surface area contributed by atoms with E-state index in [9.17, 15) is 5.11 Å². The molecule has 3 heterocycles. The molecule has 2 aliphatic heterocycles. The number of anilines is 1. The predicted molar refractivity (Wildman–Crippen MR) is 79.9 cm³/mol. The first-order valence-corrected chi connectivity index (χ1v) is 7.34. The largest absolute Gasteiger partial charge is 0.508 e. The molecule has 104 valence electrons. The molecule has 0 saturated carbocycles. The first-order chi connectivity index (χ1) is 9.72. The van der Waals surface area contributed by atoms with E-state index in [2.05, 4.69) is 9.88 Å². The van der Waals surface area contributed by atoms with E-state index in [1.165, 1.54) is 12.8 Å². The molecule has 0 aliphatic carbocycles. The third-order valence-corrected chi connectivity index (χ3v) is 4.74. The van der Waals surface area contributed by atoms with Gasteiger partial charge in [-0.3, -0.25) is 0 Å². The summed E-state index contributed by atoms with van der Waals surface area (Å²) < 4.78 is 0. The van der Waals surface area contributed by atoms with Gasteiger partial charge in [-0.05, 0) is 49.3 Å². The number of aromatic nitrogens is 1. The second-order valence-electron chi connectivity index (χ2n) is 6.06. The van der Waals surface area contributed by atoms with Gasteiger partial charge in [0.25, 0.3) is 0 Å². The van der Waals surface area contributed by atoms with Crippen LogP contribution in [0.25, 0.3) is 10.8 Å². The van der Waals surface area contributed by atoms with Crippen molar-refractivity contribution in [3.05, 3.63) is 30.5 Å². The summed E-state index contributed by atoms with van der Waals surface area (Å²) in [7, 11) is 0. The van der Waals surface area contributed by atoms with Gasteiger partial charge in [-0.25, -0.2) is 4.98 Å². The number of nitrogens with zero attached hydrogens (tertiary/aromatic N) is 2. The van der Waals surface area contributed by atoms with Crippen LogP contribution in [0.5, 0.6) is 5.75 Å². The maximum Gasteiger partial charge on any atom is 0.137 e. The molecule has 0 radical (unpaired) electrons. The maximum atomic E-state index is 9.78. The number of nitrogens with two attached hydrogens (primary N) is 1. The summed E-state index contributed by atoms with van der Waals surface area (Å²) in [5.41, 5.74) is 6.15. The summed E-state index contributed by atoms with van der Waals surface area (Å²) in [6.45, 7) is 0. The quantitative estimate of drug-likeness (QED) is 0.834. The standard InChI is InChI=1S/C16H19N3O/c17-11-7-12-2-3-13(8-11)19(12)16-15-9-14(20)4-1-10(15)5-6-18-16/h1,4-6,9,11-13,20H,2-3,7-8,17H2. The Morgan fingerprint density at radius 1 is 1.15 bits per heavy atom. The average molecular weight is 269 g/mol. The molecule has 1 aromatic carbocycles. The number of phenolic OH excluding ortho intramolecular Hbond substituents is 1. The SMILES string of the molecule is NC1CC2CCC(C1)N2c1nccc2ccc(O)cc12. The summed E-state index contributed by atoms with van der Waals surface area (Å²) in [6.07, 6.45) is 6.37. The van der Waals surface area contributed by atoms with E-state index in [1.54, 1.807) is 6.07 Å². The van der Waals surface area contributed by atoms with Crippen molar-refractivity contribution in [1.29, 1.82) is 0 Å². The van der Waals surface area contributed by atoms with Gasteiger partial charge >= 0.3 is 0 Å². The van der Waals surface area contributed by atoms with Gasteiger partial charge in [0.15, 0.2) is 0 Å². The molecule has 3 N–H and O–H groups in total. The summed E-state index contributed by atoms with van der Waals surface area (Å²) >= 11 is 0. The number of piperidine rings is 1. The Morgan fingerprint density at radius 3 is 2.65 bits per heavy atom. The van der Waals surface area contributed by atoms with Gasteiger partial charge < -0.3 is 15.7 Å². The smallest absolute Gasteiger partial charge is 0.137 e. The monoisotopic (exact) mass is 269 g/mol. The lowest BCUT2D eigenvalue weighted by Gasteiger charge is -2.39. The Morgan fingerprint density at radius 2 is 1.90 bits per heavy atom. The van der Waals surface area contributed by atoms with Crippen molar-refractivity contribution in [3.8, 4) is 5.75 Å². The van der Waals surface area contributed by atoms with E-state index < -0.39 is 0 Å². The van der Waals surface area contributed by atoms with E-state index in [-0.39, 0.29) is 0 Å². The summed E-state index contributed by atoms with van der Waals surface area (Å²) in [4.78, 5) is 7.06. The summed E-state index contributed by atoms with van der Waals surface area (Å²) in [5, 5.41) is 11.9. The molecule has 4 rings (SSSR count). The molecule has 2 atom stereocenters. The van der Waals surface area contributed by atoms with E-state index in [4.69, 9.17) is 5.73 Å². The Kier molecular flexibility index (Phi) is 2.60. The lowest BCUT2D eigenvalue weighted by molar-refractivity contribution is 0.413. The van der Waals surface area contributed by atoms with Gasteiger partial charge in [0.05, 0.1) is 0 Å². The molecule has 0 spiro atoms. The lowest BCUT2D eigenvalue weighted by Crippen LogP contribution is -2.47. The number of rotatable bonds is 1. The Balaban J connectivity index is 1.85. The summed E-state index contributed by atoms with van der Waals surface area (Å²) in [6, 6.07) is 8.84. The van der Waals surface area contributed by atoms with Crippen LogP contribution in [0.3, 0.4) is 0 Å². The zero-order valence-electron chi connectivity index (χ0n) is 11.4. The molecule has 2 aliphatic rings. The Bertz CT molecular complexity index is 643. The molecule has 2 bridgehead atoms. The van der Waals surface area contributed by atoms with E-state index >= 15 is 0 Å². The zero-order valence-corrected chi connectivity index (χ0v) is 11.4. The molecule has 2 fully saturated rings. The van der Waals surface area contributed by atoms with Gasteiger partial charge in [0.1, 0.15) is 11.6 Å². The fraction of sp³-hybridized carbons (Fsp3) is 0.438. The van der Waals surface area contributed by atoms with Gasteiger partial charge in [0, 0.05) is 29.7 Å². The van der Waals surface area contributed by atoms with E-state index in [1.807, 2.05) is 24.4 Å². The first kappa shape index (κ1) is 12.0. The van der Waals surface area contributed by atoms with Crippen LogP contribution in [-0.4, -0.2) is 28.2 Å². The van der Waals surface area contributed by atoms with Crippen LogP contribution >= 0.6 is 0 Å². The van der Waals surface area contributed by atoms with E-state index in [0.29, 0.717) is 23.9 Å². The molecule has 0 amide bonds. The van der Waals surface area contributed by atoms with E-state index in [0.717, 1.165) is 29.4 Å². The topological polar surface area (TPSA) is 62.4 Å². The molecule has 2 aromatic rings. The average Bonchev–Trinajstić information content (AvgIpc) is 2.70. The third kappa shape index (κ3) is 1.75. The molecule has 1 aromatic heterocycles. The molecular weight excluding hydrogens is 250 g/mol. The Hall–Kier alpha value is -1.81. The number of aromatic hydroxyl groups is 1. The molecule has 4 nitrogen and oxygen atoms in total. The first-order valence-electron chi connectivity index (χ1n) is 7.34. The molecule has 2 saturated heterocycles. The zero-order chi connectivity index (χ0) is 13.7. The van der Waals surface area contributed by atoms with Crippen molar-refractivity contribution < 1.29 is 5.11 Å². The highest BCUT2D eigenvalue weighted by Crippen LogP contribution is 2.40. The number of benzene rings is 1. The molecular formula is C16H19N3O. The molecule has 2 unspecified atom stereocenters. The fourth-order valence-corrected chi connectivity index (χ4v) is 3.91. The predicted octanol–water partition coefficient (Wildman–Crippen LogP) is 2.40. The highest BCUT2D eigenvalue weighted by Gasteiger charge is 2.40. The minimum absolute atomic E-state index is 0.299. The van der Waals surface area contributed by atoms with Crippen molar-refractivity contribution in [2.45, 2.75) is 43.8 Å². The third-order valence-electron chi connectivity index (χ3n) is 4.74. The highest BCUT2D eigenvalue weighted by atomic mass is 16.3. The van der Waals surface area contributed by atoms with Crippen molar-refractivity contribution in [1.82, 2.24) is 4.98 Å². The number of phenols is 1. The van der Waals surface area contributed by atoms with Crippen LogP contribution in [-0.2, 0) is 0 Å². The molecule has 4 heteroatoms. The minimum atomic E-state index is 0.299. The Labute approximate surface area is 118 Å². The number of pyridine rings is 1. The number of hydrogen-bond acceptors (Lipinski definition) is 4. The van der Waals surface area contributed by atoms with Crippen LogP contribution < -0.4 is 10.6 Å². The summed E-state index contributed by atoms with van der Waals surface area (Å²) in [5.74, 6) is 1.31. The van der Waals surface area contributed by atoms with Gasteiger partial charge in [0.2, 0.25) is 0 Å². The van der Waals surface area contributed by atoms with Crippen LogP contribution in [0.15, 0.2) is 30.5 Å². The van der Waals surface area contributed by atoms with Gasteiger partial charge in [-0.2, -0.15) is 0 Å². The van der Waals surface area contributed by atoms with Crippen LogP contribution in [0, 0.1) is 0 Å². The van der Waals surface area contributed by atoms with Gasteiger partial charge in [-0.1, -0.05) is 6.07 Å². The number of fused-ring (bicyclic) bond motifs is 3. The van der Waals surface area contributed by atoms with Crippen molar-refractivity contribution >= 4 is 16.6 Å². The normalized spacial score (nSPS) is 29.1. The fourth-order valence-electron chi connectivity index (χ4n) is 3.91. The maximum absolute atomic E-state index is 9.78. The van der Waals surface area contributed by atoms with Crippen LogP contribution in [0.2, 0.25) is 0 Å². The highest BCUT2D eigenvalue weighted by molar-refractivity contribution is 5.93. The van der Waals surface area contributed by atoms with Crippen molar-refractivity contribution in [2.75, 3.05) is 4.90 Å². The second-order valence-corrected chi connectivity index (χ2v) is 6.06. The van der Waals surface area contributed by atoms with Gasteiger partial charge in [-0.15, -0.1) is 0 Å². The van der Waals surface area contributed by atoms with Crippen molar-refractivity contribution in [3.63, 3.8) is 0 Å². The molecule has 20 heavy (non-hydrogen) atoms.